The molecule has 1 unspecified atom stereocenters. The molecule has 0 saturated carbocycles. The summed E-state index contributed by atoms with van der Waals surface area (Å²) in [5, 5.41) is 3.01. The number of carbonyl (C=O) groups is 2. The number of amides is 2. The molecule has 0 spiro atoms. The van der Waals surface area contributed by atoms with Crippen molar-refractivity contribution in [3.8, 4) is 0 Å². The molecule has 1 aromatic carbocycles. The van der Waals surface area contributed by atoms with Crippen molar-refractivity contribution in [3.63, 3.8) is 0 Å². The molecule has 0 bridgehead atoms. The second-order valence-electron chi connectivity index (χ2n) is 5.20. The number of aromatic nitrogens is 2. The number of halogens is 1. The highest BCUT2D eigenvalue weighted by molar-refractivity contribution is 7.00. The molecule has 2 aromatic rings. The lowest BCUT2D eigenvalue weighted by Crippen LogP contribution is -2.60. The molecule has 3 rings (SSSR count). The zero-order chi connectivity index (χ0) is 15.1. The Morgan fingerprint density at radius 2 is 2.14 bits per heavy atom. The maximum absolute atomic E-state index is 12.4. The number of nitrogens with one attached hydrogen (secondary N) is 1. The maximum Gasteiger partial charge on any atom is 0.247 e. The Morgan fingerprint density at radius 1 is 1.38 bits per heavy atom. The Morgan fingerprint density at radius 3 is 2.86 bits per heavy atom. The van der Waals surface area contributed by atoms with Gasteiger partial charge in [0.25, 0.3) is 0 Å². The van der Waals surface area contributed by atoms with Crippen LogP contribution in [0.1, 0.15) is 13.8 Å². The van der Waals surface area contributed by atoms with Crippen molar-refractivity contribution in [2.75, 3.05) is 11.4 Å². The minimum absolute atomic E-state index is 0.0354. The Bertz CT molecular complexity index is 730. The topological polar surface area (TPSA) is 75.2 Å². The van der Waals surface area contributed by atoms with Crippen molar-refractivity contribution in [2.24, 2.45) is 5.92 Å². The maximum atomic E-state index is 12.4. The van der Waals surface area contributed by atoms with Crippen LogP contribution >= 0.6 is 23.3 Å². The highest BCUT2D eigenvalue weighted by Gasteiger charge is 2.39. The second-order valence-corrected chi connectivity index (χ2v) is 6.13. The third-order valence-electron chi connectivity index (χ3n) is 3.45. The van der Waals surface area contributed by atoms with E-state index >= 15 is 0 Å². The molecule has 1 aromatic heterocycles. The van der Waals surface area contributed by atoms with E-state index < -0.39 is 6.04 Å². The van der Waals surface area contributed by atoms with Crippen LogP contribution in [0, 0.1) is 5.92 Å². The van der Waals surface area contributed by atoms with E-state index in [1.807, 2.05) is 13.8 Å². The van der Waals surface area contributed by atoms with Gasteiger partial charge in [0, 0.05) is 0 Å². The third-order valence-corrected chi connectivity index (χ3v) is 4.30. The SMILES string of the molecule is CC(C)C1C(=O)NCC(=O)N1c1c(Cl)ccc2nsnc12. The monoisotopic (exact) mass is 324 g/mol. The van der Waals surface area contributed by atoms with E-state index in [0.717, 1.165) is 11.7 Å². The summed E-state index contributed by atoms with van der Waals surface area (Å²) in [6, 6.07) is 2.83. The number of piperazine rings is 1. The Labute approximate surface area is 130 Å². The van der Waals surface area contributed by atoms with Crippen molar-refractivity contribution in [1.29, 1.82) is 0 Å². The van der Waals surface area contributed by atoms with Crippen LogP contribution in [-0.2, 0) is 9.59 Å². The van der Waals surface area contributed by atoms with Crippen LogP contribution in [0.3, 0.4) is 0 Å². The summed E-state index contributed by atoms with van der Waals surface area (Å²) in [6.45, 7) is 3.75. The number of anilines is 1. The Hall–Kier alpha value is -1.73. The normalized spacial score (nSPS) is 19.4. The van der Waals surface area contributed by atoms with Gasteiger partial charge in [0.15, 0.2) is 0 Å². The van der Waals surface area contributed by atoms with Crippen molar-refractivity contribution < 1.29 is 9.59 Å². The van der Waals surface area contributed by atoms with E-state index in [0.29, 0.717) is 21.7 Å². The predicted octanol–water partition coefficient (Wildman–Crippen LogP) is 1.83. The molecule has 0 aliphatic carbocycles. The first kappa shape index (κ1) is 14.2. The lowest BCUT2D eigenvalue weighted by molar-refractivity contribution is -0.131. The van der Waals surface area contributed by atoms with Crippen LogP contribution in [0.25, 0.3) is 11.0 Å². The summed E-state index contributed by atoms with van der Waals surface area (Å²) in [4.78, 5) is 26.0. The first-order valence-corrected chi connectivity index (χ1v) is 7.62. The van der Waals surface area contributed by atoms with E-state index in [4.69, 9.17) is 11.6 Å². The third kappa shape index (κ3) is 2.26. The van der Waals surface area contributed by atoms with Crippen molar-refractivity contribution >= 4 is 51.9 Å². The van der Waals surface area contributed by atoms with E-state index in [1.54, 1.807) is 12.1 Å². The molecule has 1 aliphatic heterocycles. The van der Waals surface area contributed by atoms with Crippen LogP contribution < -0.4 is 10.2 Å². The minimum Gasteiger partial charge on any atom is -0.345 e. The van der Waals surface area contributed by atoms with Crippen molar-refractivity contribution in [2.45, 2.75) is 19.9 Å². The van der Waals surface area contributed by atoms with Gasteiger partial charge in [-0.2, -0.15) is 8.75 Å². The smallest absolute Gasteiger partial charge is 0.247 e. The summed E-state index contributed by atoms with van der Waals surface area (Å²) in [7, 11) is 0. The van der Waals surface area contributed by atoms with Gasteiger partial charge in [0.05, 0.1) is 29.0 Å². The summed E-state index contributed by atoms with van der Waals surface area (Å²) >= 11 is 7.34. The highest BCUT2D eigenvalue weighted by Crippen LogP contribution is 2.36. The zero-order valence-corrected chi connectivity index (χ0v) is 13.0. The van der Waals surface area contributed by atoms with Crippen LogP contribution in [0.2, 0.25) is 5.02 Å². The summed E-state index contributed by atoms with van der Waals surface area (Å²) in [5.41, 5.74) is 1.70. The number of hydrogen-bond acceptors (Lipinski definition) is 5. The predicted molar refractivity (Wildman–Crippen MR) is 81.5 cm³/mol. The summed E-state index contributed by atoms with van der Waals surface area (Å²) in [6.07, 6.45) is 0. The molecule has 6 nitrogen and oxygen atoms in total. The minimum atomic E-state index is -0.601. The van der Waals surface area contributed by atoms with Gasteiger partial charge in [-0.05, 0) is 18.1 Å². The molecule has 21 heavy (non-hydrogen) atoms. The highest BCUT2D eigenvalue weighted by atomic mass is 35.5. The van der Waals surface area contributed by atoms with E-state index in [2.05, 4.69) is 14.1 Å². The van der Waals surface area contributed by atoms with Crippen LogP contribution in [0.5, 0.6) is 0 Å². The van der Waals surface area contributed by atoms with Crippen molar-refractivity contribution in [3.05, 3.63) is 17.2 Å². The molecule has 8 heteroatoms. The average molecular weight is 325 g/mol. The molecule has 2 amide bonds. The summed E-state index contributed by atoms with van der Waals surface area (Å²) in [5.74, 6) is -0.427. The van der Waals surface area contributed by atoms with Crippen LogP contribution in [0.15, 0.2) is 12.1 Å². The van der Waals surface area contributed by atoms with Crippen molar-refractivity contribution in [1.82, 2.24) is 14.1 Å². The van der Waals surface area contributed by atoms with Crippen LogP contribution in [-0.4, -0.2) is 33.1 Å². The van der Waals surface area contributed by atoms with Gasteiger partial charge in [0.1, 0.15) is 17.1 Å². The van der Waals surface area contributed by atoms with Gasteiger partial charge in [-0.3, -0.25) is 14.5 Å². The fraction of sp³-hybridized carbons (Fsp3) is 0.385. The van der Waals surface area contributed by atoms with Crippen LogP contribution in [0.4, 0.5) is 5.69 Å². The lowest BCUT2D eigenvalue weighted by Gasteiger charge is -2.37. The number of hydrogen-bond donors (Lipinski definition) is 1. The largest absolute Gasteiger partial charge is 0.345 e. The Balaban J connectivity index is 2.22. The quantitative estimate of drug-likeness (QED) is 0.914. The van der Waals surface area contributed by atoms with Gasteiger partial charge in [-0.25, -0.2) is 0 Å². The molecule has 2 heterocycles. The fourth-order valence-electron chi connectivity index (χ4n) is 2.53. The fourth-order valence-corrected chi connectivity index (χ4v) is 3.31. The Kier molecular flexibility index (Phi) is 3.54. The number of benzene rings is 1. The molecule has 1 aliphatic rings. The molecule has 1 N–H and O–H groups in total. The lowest BCUT2D eigenvalue weighted by atomic mass is 9.98. The number of rotatable bonds is 2. The first-order valence-electron chi connectivity index (χ1n) is 6.51. The number of carbonyl (C=O) groups excluding carboxylic acids is 2. The molecule has 1 fully saturated rings. The molecule has 0 radical (unpaired) electrons. The van der Waals surface area contributed by atoms with E-state index in [9.17, 15) is 9.59 Å². The van der Waals surface area contributed by atoms with E-state index in [1.165, 1.54) is 4.90 Å². The molecule has 1 atom stereocenters. The molecule has 110 valence electrons. The second kappa shape index (κ2) is 5.23. The van der Waals surface area contributed by atoms with Gasteiger partial charge in [-0.1, -0.05) is 25.4 Å². The zero-order valence-electron chi connectivity index (χ0n) is 11.5. The van der Waals surface area contributed by atoms with E-state index in [-0.39, 0.29) is 24.3 Å². The first-order chi connectivity index (χ1) is 10.0. The number of nitrogens with zero attached hydrogens (tertiary/aromatic N) is 3. The summed E-state index contributed by atoms with van der Waals surface area (Å²) < 4.78 is 8.39. The van der Waals surface area contributed by atoms with Gasteiger partial charge in [-0.15, -0.1) is 0 Å². The molecular formula is C13H13ClN4O2S. The average Bonchev–Trinajstić information content (AvgIpc) is 2.89. The van der Waals surface area contributed by atoms with Gasteiger partial charge in [0.2, 0.25) is 11.8 Å². The van der Waals surface area contributed by atoms with Gasteiger partial charge >= 0.3 is 0 Å². The molecule has 1 saturated heterocycles. The molecular weight excluding hydrogens is 312 g/mol. The van der Waals surface area contributed by atoms with Gasteiger partial charge < -0.3 is 5.32 Å². The standard InChI is InChI=1S/C13H13ClN4O2S/c1-6(2)11-13(20)15-5-9(19)18(11)12-7(14)3-4-8-10(12)17-21-16-8/h3-4,6,11H,5H2,1-2H3,(H,15,20). The number of fused-ring (bicyclic) bond motifs is 1.